The van der Waals surface area contributed by atoms with Gasteiger partial charge in [-0.15, -0.1) is 0 Å². The summed E-state index contributed by atoms with van der Waals surface area (Å²) in [5.41, 5.74) is -1.32. The molecule has 6 nitrogen and oxygen atoms in total. The fourth-order valence-corrected chi connectivity index (χ4v) is 4.22. The van der Waals surface area contributed by atoms with Crippen molar-refractivity contribution < 1.29 is 32.3 Å². The highest BCUT2D eigenvalue weighted by atomic mass is 19.4. The quantitative estimate of drug-likeness (QED) is 0.812. The van der Waals surface area contributed by atoms with E-state index in [4.69, 9.17) is 4.42 Å². The molecule has 154 valence electrons. The van der Waals surface area contributed by atoms with E-state index in [-0.39, 0.29) is 29.1 Å². The summed E-state index contributed by atoms with van der Waals surface area (Å²) in [6.07, 6.45) is -1.63. The topological polar surface area (TPSA) is 82.8 Å². The standard InChI is InChI=1S/C20H19F3N2O4/c21-20(22,23)12-6-11(7-13(8-12)24-18(27)17-2-1-5-29-17)19(28)25-14-3-4-15(25)10-16(26)9-14/h1-2,5-8,14-16,26H,3-4,9-10H2,(H,24,27)/t14-,15+,16?. The number of rotatable bonds is 3. The van der Waals surface area contributed by atoms with Gasteiger partial charge in [-0.25, -0.2) is 0 Å². The summed E-state index contributed by atoms with van der Waals surface area (Å²) < 4.78 is 45.1. The molecule has 2 saturated heterocycles. The van der Waals surface area contributed by atoms with Crippen molar-refractivity contribution in [2.45, 2.75) is 50.0 Å². The molecule has 0 saturated carbocycles. The second-order valence-corrected chi connectivity index (χ2v) is 7.45. The maximum absolute atomic E-state index is 13.4. The van der Waals surface area contributed by atoms with Crippen molar-refractivity contribution >= 4 is 17.5 Å². The lowest BCUT2D eigenvalue weighted by Gasteiger charge is -2.37. The first-order valence-electron chi connectivity index (χ1n) is 9.30. The van der Waals surface area contributed by atoms with Gasteiger partial charge in [-0.2, -0.15) is 13.2 Å². The van der Waals surface area contributed by atoms with Crippen LogP contribution in [0.25, 0.3) is 0 Å². The van der Waals surface area contributed by atoms with Gasteiger partial charge in [-0.05, 0) is 56.0 Å². The number of nitrogens with one attached hydrogen (secondary N) is 1. The van der Waals surface area contributed by atoms with Crippen molar-refractivity contribution in [1.82, 2.24) is 4.90 Å². The number of anilines is 1. The van der Waals surface area contributed by atoms with E-state index < -0.39 is 29.7 Å². The number of nitrogens with zero attached hydrogens (tertiary/aromatic N) is 1. The van der Waals surface area contributed by atoms with E-state index in [9.17, 15) is 27.9 Å². The number of halogens is 3. The zero-order chi connectivity index (χ0) is 20.8. The summed E-state index contributed by atoms with van der Waals surface area (Å²) in [5.74, 6) is -1.30. The summed E-state index contributed by atoms with van der Waals surface area (Å²) in [5, 5.41) is 12.3. The average molecular weight is 408 g/mol. The second kappa shape index (κ2) is 7.22. The molecule has 2 aliphatic heterocycles. The minimum Gasteiger partial charge on any atom is -0.459 e. The van der Waals surface area contributed by atoms with E-state index in [1.807, 2.05) is 0 Å². The molecule has 29 heavy (non-hydrogen) atoms. The fourth-order valence-electron chi connectivity index (χ4n) is 4.22. The third-order valence-electron chi connectivity index (χ3n) is 5.45. The maximum atomic E-state index is 13.4. The second-order valence-electron chi connectivity index (χ2n) is 7.45. The molecule has 2 aromatic rings. The van der Waals surface area contributed by atoms with Gasteiger partial charge in [0.1, 0.15) is 0 Å². The summed E-state index contributed by atoms with van der Waals surface area (Å²) in [4.78, 5) is 26.8. The van der Waals surface area contributed by atoms with E-state index in [0.717, 1.165) is 12.1 Å². The number of hydrogen-bond donors (Lipinski definition) is 2. The van der Waals surface area contributed by atoms with Gasteiger partial charge in [0.05, 0.1) is 17.9 Å². The SMILES string of the molecule is O=C(Nc1cc(C(=O)N2[C@@H]3CC[C@H]2CC(O)C3)cc(C(F)(F)F)c1)c1ccco1. The van der Waals surface area contributed by atoms with Crippen LogP contribution in [0.4, 0.5) is 18.9 Å². The highest BCUT2D eigenvalue weighted by molar-refractivity contribution is 6.03. The number of alkyl halides is 3. The molecule has 9 heteroatoms. The Kier molecular flexibility index (Phi) is 4.85. The largest absolute Gasteiger partial charge is 0.459 e. The molecule has 0 spiro atoms. The Morgan fingerprint density at radius 3 is 2.41 bits per heavy atom. The smallest absolute Gasteiger partial charge is 0.416 e. The van der Waals surface area contributed by atoms with Crippen LogP contribution in [0.15, 0.2) is 41.0 Å². The van der Waals surface area contributed by atoms with Gasteiger partial charge < -0.3 is 19.7 Å². The van der Waals surface area contributed by atoms with Gasteiger partial charge in [0, 0.05) is 23.3 Å². The summed E-state index contributed by atoms with van der Waals surface area (Å²) in [6, 6.07) is 5.31. The first-order valence-corrected chi connectivity index (χ1v) is 9.30. The molecule has 1 unspecified atom stereocenters. The molecule has 1 aromatic carbocycles. The van der Waals surface area contributed by atoms with E-state index in [0.29, 0.717) is 25.7 Å². The van der Waals surface area contributed by atoms with E-state index in [1.54, 1.807) is 4.90 Å². The zero-order valence-electron chi connectivity index (χ0n) is 15.3. The van der Waals surface area contributed by atoms with E-state index in [2.05, 4.69) is 5.32 Å². The Morgan fingerprint density at radius 1 is 1.14 bits per heavy atom. The zero-order valence-corrected chi connectivity index (χ0v) is 15.3. The number of amides is 2. The maximum Gasteiger partial charge on any atom is 0.416 e. The molecule has 0 aliphatic carbocycles. The molecule has 2 fully saturated rings. The number of carbonyl (C=O) groups is 2. The van der Waals surface area contributed by atoms with Crippen molar-refractivity contribution in [1.29, 1.82) is 0 Å². The van der Waals surface area contributed by atoms with Crippen LogP contribution in [0.2, 0.25) is 0 Å². The number of fused-ring (bicyclic) bond motifs is 2. The number of hydrogen-bond acceptors (Lipinski definition) is 4. The highest BCUT2D eigenvalue weighted by Crippen LogP contribution is 2.38. The Balaban J connectivity index is 1.65. The van der Waals surface area contributed by atoms with Crippen molar-refractivity contribution in [2.24, 2.45) is 0 Å². The molecular weight excluding hydrogens is 389 g/mol. The average Bonchev–Trinajstić information content (AvgIpc) is 3.27. The van der Waals surface area contributed by atoms with Gasteiger partial charge >= 0.3 is 6.18 Å². The van der Waals surface area contributed by atoms with Crippen LogP contribution in [0.3, 0.4) is 0 Å². The minimum atomic E-state index is -4.68. The number of carbonyl (C=O) groups excluding carboxylic acids is 2. The Morgan fingerprint density at radius 2 is 1.83 bits per heavy atom. The van der Waals surface area contributed by atoms with Gasteiger partial charge in [-0.3, -0.25) is 9.59 Å². The van der Waals surface area contributed by atoms with Gasteiger partial charge in [0.2, 0.25) is 0 Å². The summed E-state index contributed by atoms with van der Waals surface area (Å²) in [7, 11) is 0. The summed E-state index contributed by atoms with van der Waals surface area (Å²) >= 11 is 0. The van der Waals surface area contributed by atoms with Crippen molar-refractivity contribution in [3.05, 3.63) is 53.5 Å². The van der Waals surface area contributed by atoms with Crippen LogP contribution in [0, 0.1) is 0 Å². The van der Waals surface area contributed by atoms with E-state index in [1.165, 1.54) is 24.5 Å². The number of aliphatic hydroxyl groups excluding tert-OH is 1. The van der Waals surface area contributed by atoms with Crippen LogP contribution >= 0.6 is 0 Å². The molecular formula is C20H19F3N2O4. The first kappa shape index (κ1) is 19.5. The molecule has 1 aromatic heterocycles. The Bertz CT molecular complexity index is 912. The lowest BCUT2D eigenvalue weighted by Crippen LogP contribution is -2.48. The molecule has 2 aliphatic rings. The van der Waals surface area contributed by atoms with Crippen molar-refractivity contribution in [3.8, 4) is 0 Å². The van der Waals surface area contributed by atoms with E-state index >= 15 is 0 Å². The minimum absolute atomic E-state index is 0.0571. The predicted octanol–water partition coefficient (Wildman–Crippen LogP) is 3.68. The molecule has 2 bridgehead atoms. The highest BCUT2D eigenvalue weighted by Gasteiger charge is 2.43. The lowest BCUT2D eigenvalue weighted by atomic mass is 9.98. The van der Waals surface area contributed by atoms with Crippen LogP contribution in [0.1, 0.15) is 52.2 Å². The van der Waals surface area contributed by atoms with Crippen LogP contribution in [-0.4, -0.2) is 40.0 Å². The molecule has 2 N–H and O–H groups in total. The molecule has 3 atom stereocenters. The van der Waals surface area contributed by atoms with Crippen molar-refractivity contribution in [2.75, 3.05) is 5.32 Å². The summed E-state index contributed by atoms with van der Waals surface area (Å²) in [6.45, 7) is 0. The third-order valence-corrected chi connectivity index (χ3v) is 5.45. The predicted molar refractivity (Wildman–Crippen MR) is 96.3 cm³/mol. The van der Waals surface area contributed by atoms with Gasteiger partial charge in [0.15, 0.2) is 5.76 Å². The van der Waals surface area contributed by atoms with Crippen molar-refractivity contribution in [3.63, 3.8) is 0 Å². The first-order chi connectivity index (χ1) is 13.7. The number of piperidine rings is 1. The van der Waals surface area contributed by atoms with Crippen LogP contribution in [-0.2, 0) is 6.18 Å². The number of benzene rings is 1. The molecule has 0 radical (unpaired) electrons. The lowest BCUT2D eigenvalue weighted by molar-refractivity contribution is -0.137. The van der Waals surface area contributed by atoms with Gasteiger partial charge in [0.25, 0.3) is 11.8 Å². The molecule has 3 heterocycles. The molecule has 2 amide bonds. The third kappa shape index (κ3) is 3.87. The van der Waals surface area contributed by atoms with Gasteiger partial charge in [-0.1, -0.05) is 0 Å². The van der Waals surface area contributed by atoms with Crippen LogP contribution < -0.4 is 5.32 Å². The molecule has 4 rings (SSSR count). The number of furan rings is 1. The number of aliphatic hydroxyl groups is 1. The fraction of sp³-hybridized carbons (Fsp3) is 0.400. The normalized spacial score (nSPS) is 23.9. The van der Waals surface area contributed by atoms with Crippen LogP contribution in [0.5, 0.6) is 0 Å². The Hall–Kier alpha value is -2.81. The Labute approximate surface area is 164 Å². The monoisotopic (exact) mass is 408 g/mol.